The summed E-state index contributed by atoms with van der Waals surface area (Å²) in [4.78, 5) is 34.2. The van der Waals surface area contributed by atoms with Gasteiger partial charge in [-0.1, -0.05) is 12.8 Å². The number of carbonyl (C=O) groups excluding carboxylic acids is 2. The van der Waals surface area contributed by atoms with Gasteiger partial charge in [0.15, 0.2) is 0 Å². The molecule has 0 heterocycles. The molecule has 0 spiro atoms. The van der Waals surface area contributed by atoms with E-state index in [2.05, 4.69) is 5.32 Å². The minimum Gasteiger partial charge on any atom is -0.480 e. The Balaban J connectivity index is 2.78. The van der Waals surface area contributed by atoms with Crippen LogP contribution in [0.1, 0.15) is 39.0 Å². The summed E-state index contributed by atoms with van der Waals surface area (Å²) in [7, 11) is 0. The molecule has 22 heavy (non-hydrogen) atoms. The molecule has 2 unspecified atom stereocenters. The first kappa shape index (κ1) is 18.2. The van der Waals surface area contributed by atoms with Gasteiger partial charge in [0.25, 0.3) is 0 Å². The van der Waals surface area contributed by atoms with E-state index in [0.29, 0.717) is 12.8 Å². The average molecular weight is 324 g/mol. The molecule has 0 radical (unpaired) electrons. The molecule has 9 heteroatoms. The Labute approximate surface area is 125 Å². The van der Waals surface area contributed by atoms with Crippen molar-refractivity contribution in [3.8, 4) is 0 Å². The molecule has 126 valence electrons. The van der Waals surface area contributed by atoms with Crippen LogP contribution in [0, 0.1) is 5.92 Å². The zero-order valence-electron chi connectivity index (χ0n) is 12.1. The van der Waals surface area contributed by atoms with Gasteiger partial charge in [0.1, 0.15) is 12.1 Å². The number of carboxylic acid groups (broad SMARTS) is 1. The van der Waals surface area contributed by atoms with Gasteiger partial charge in [-0.15, -0.1) is 0 Å². The summed E-state index contributed by atoms with van der Waals surface area (Å²) in [6.45, 7) is 1.19. The highest BCUT2D eigenvalue weighted by atomic mass is 19.4. The summed E-state index contributed by atoms with van der Waals surface area (Å²) < 4.78 is 37.0. The Morgan fingerprint density at radius 2 is 1.73 bits per heavy atom. The maximum absolute atomic E-state index is 12.3. The molecule has 0 saturated heterocycles. The van der Waals surface area contributed by atoms with E-state index >= 15 is 0 Å². The molecule has 1 saturated carbocycles. The number of nitrogens with one attached hydrogen (secondary N) is 2. The fraction of sp³-hybridized carbons (Fsp3) is 0.769. The van der Waals surface area contributed by atoms with Crippen molar-refractivity contribution in [1.82, 2.24) is 10.6 Å². The molecule has 1 rings (SSSR count). The SMILES string of the molecule is CC(=O)NC(C(=O)NC(CC(F)(F)F)C(=O)O)C1CCCC1. The Kier molecular flexibility index (Phi) is 6.19. The van der Waals surface area contributed by atoms with Crippen LogP contribution in [0.5, 0.6) is 0 Å². The quantitative estimate of drug-likeness (QED) is 0.684. The van der Waals surface area contributed by atoms with Crippen LogP contribution in [0.25, 0.3) is 0 Å². The Morgan fingerprint density at radius 3 is 2.14 bits per heavy atom. The monoisotopic (exact) mass is 324 g/mol. The number of aliphatic carboxylic acids is 1. The third-order valence-electron chi connectivity index (χ3n) is 3.56. The minimum absolute atomic E-state index is 0.191. The molecular weight excluding hydrogens is 305 g/mol. The van der Waals surface area contributed by atoms with Gasteiger partial charge in [-0.2, -0.15) is 13.2 Å². The molecule has 0 aromatic rings. The highest BCUT2D eigenvalue weighted by Gasteiger charge is 2.39. The van der Waals surface area contributed by atoms with Gasteiger partial charge in [0.05, 0.1) is 6.42 Å². The number of hydrogen-bond donors (Lipinski definition) is 3. The molecule has 0 aliphatic heterocycles. The third-order valence-corrected chi connectivity index (χ3v) is 3.56. The first-order valence-electron chi connectivity index (χ1n) is 6.97. The van der Waals surface area contributed by atoms with Crippen LogP contribution in [-0.4, -0.2) is 41.2 Å². The lowest BCUT2D eigenvalue weighted by Crippen LogP contribution is -2.54. The van der Waals surface area contributed by atoms with E-state index in [-0.39, 0.29) is 5.92 Å². The van der Waals surface area contributed by atoms with E-state index in [9.17, 15) is 27.6 Å². The fourth-order valence-electron chi connectivity index (χ4n) is 2.60. The summed E-state index contributed by atoms with van der Waals surface area (Å²) in [5.41, 5.74) is 0. The molecule has 1 aliphatic rings. The second kappa shape index (κ2) is 7.46. The summed E-state index contributed by atoms with van der Waals surface area (Å²) >= 11 is 0. The van der Waals surface area contributed by atoms with E-state index in [1.807, 2.05) is 5.32 Å². The summed E-state index contributed by atoms with van der Waals surface area (Å²) in [6.07, 6.45) is -3.33. The predicted molar refractivity (Wildman–Crippen MR) is 69.8 cm³/mol. The number of rotatable bonds is 6. The van der Waals surface area contributed by atoms with E-state index < -0.39 is 42.5 Å². The normalized spacial score (nSPS) is 18.5. The van der Waals surface area contributed by atoms with Crippen LogP contribution in [0.2, 0.25) is 0 Å². The van der Waals surface area contributed by atoms with E-state index in [1.165, 1.54) is 6.92 Å². The molecule has 0 aromatic carbocycles. The summed E-state index contributed by atoms with van der Waals surface area (Å²) in [6, 6.07) is -3.07. The largest absolute Gasteiger partial charge is 0.480 e. The zero-order valence-corrected chi connectivity index (χ0v) is 12.1. The molecule has 6 nitrogen and oxygen atoms in total. The number of halogens is 3. The molecular formula is C13H19F3N2O4. The van der Waals surface area contributed by atoms with Gasteiger partial charge in [0.2, 0.25) is 11.8 Å². The number of amides is 2. The Hall–Kier alpha value is -1.80. The second-order valence-electron chi connectivity index (χ2n) is 5.44. The standard InChI is InChI=1S/C13H19F3N2O4/c1-7(19)17-10(8-4-2-3-5-8)11(20)18-9(12(21)22)6-13(14,15)16/h8-10H,2-6H2,1H3,(H,17,19)(H,18,20)(H,21,22). The minimum atomic E-state index is -4.72. The Bertz CT molecular complexity index is 433. The predicted octanol–water partition coefficient (Wildman–Crippen LogP) is 1.20. The second-order valence-corrected chi connectivity index (χ2v) is 5.44. The van der Waals surface area contributed by atoms with Crippen molar-refractivity contribution >= 4 is 17.8 Å². The number of carboxylic acids is 1. The molecule has 1 fully saturated rings. The van der Waals surface area contributed by atoms with Gasteiger partial charge in [0, 0.05) is 6.92 Å². The molecule has 2 atom stereocenters. The van der Waals surface area contributed by atoms with E-state index in [0.717, 1.165) is 12.8 Å². The van der Waals surface area contributed by atoms with Crippen molar-refractivity contribution in [3.05, 3.63) is 0 Å². The maximum atomic E-state index is 12.3. The lowest BCUT2D eigenvalue weighted by Gasteiger charge is -2.25. The van der Waals surface area contributed by atoms with Crippen molar-refractivity contribution in [3.63, 3.8) is 0 Å². The maximum Gasteiger partial charge on any atom is 0.391 e. The van der Waals surface area contributed by atoms with Crippen molar-refractivity contribution in [2.45, 2.75) is 57.3 Å². The van der Waals surface area contributed by atoms with Crippen LogP contribution < -0.4 is 10.6 Å². The Morgan fingerprint density at radius 1 is 1.18 bits per heavy atom. The lowest BCUT2D eigenvalue weighted by atomic mass is 9.96. The highest BCUT2D eigenvalue weighted by Crippen LogP contribution is 2.28. The summed E-state index contributed by atoms with van der Waals surface area (Å²) in [5.74, 6) is -3.34. The molecule has 0 bridgehead atoms. The van der Waals surface area contributed by atoms with Crippen molar-refractivity contribution in [2.75, 3.05) is 0 Å². The van der Waals surface area contributed by atoms with E-state index in [4.69, 9.17) is 5.11 Å². The van der Waals surface area contributed by atoms with Gasteiger partial charge < -0.3 is 15.7 Å². The number of hydrogen-bond acceptors (Lipinski definition) is 3. The average Bonchev–Trinajstić information content (AvgIpc) is 2.86. The number of carbonyl (C=O) groups is 3. The number of alkyl halides is 3. The van der Waals surface area contributed by atoms with Gasteiger partial charge >= 0.3 is 12.1 Å². The van der Waals surface area contributed by atoms with Crippen molar-refractivity contribution < 1.29 is 32.7 Å². The molecule has 1 aliphatic carbocycles. The van der Waals surface area contributed by atoms with Crippen molar-refractivity contribution in [2.24, 2.45) is 5.92 Å². The summed E-state index contributed by atoms with van der Waals surface area (Å²) in [5, 5.41) is 13.1. The topological polar surface area (TPSA) is 95.5 Å². The lowest BCUT2D eigenvalue weighted by molar-refractivity contribution is -0.160. The fourth-order valence-corrected chi connectivity index (χ4v) is 2.60. The molecule has 3 N–H and O–H groups in total. The molecule has 2 amide bonds. The first-order valence-corrected chi connectivity index (χ1v) is 6.97. The van der Waals surface area contributed by atoms with Crippen LogP contribution >= 0.6 is 0 Å². The van der Waals surface area contributed by atoms with Crippen molar-refractivity contribution in [1.29, 1.82) is 0 Å². The van der Waals surface area contributed by atoms with Crippen LogP contribution in [0.3, 0.4) is 0 Å². The van der Waals surface area contributed by atoms with Crippen LogP contribution in [0.4, 0.5) is 13.2 Å². The van der Waals surface area contributed by atoms with Gasteiger partial charge in [-0.25, -0.2) is 4.79 Å². The van der Waals surface area contributed by atoms with Gasteiger partial charge in [-0.3, -0.25) is 9.59 Å². The third kappa shape index (κ3) is 5.90. The highest BCUT2D eigenvalue weighted by molar-refractivity contribution is 5.90. The van der Waals surface area contributed by atoms with Gasteiger partial charge in [-0.05, 0) is 18.8 Å². The zero-order chi connectivity index (χ0) is 16.9. The van der Waals surface area contributed by atoms with E-state index in [1.54, 1.807) is 0 Å². The van der Waals surface area contributed by atoms with Crippen LogP contribution in [-0.2, 0) is 14.4 Å². The molecule has 0 aromatic heterocycles. The van der Waals surface area contributed by atoms with Crippen LogP contribution in [0.15, 0.2) is 0 Å². The smallest absolute Gasteiger partial charge is 0.391 e. The first-order chi connectivity index (χ1) is 10.1.